The average molecular weight is 671 g/mol. The van der Waals surface area contributed by atoms with Crippen LogP contribution in [0.4, 0.5) is 17.1 Å². The van der Waals surface area contributed by atoms with Crippen molar-refractivity contribution in [3.63, 3.8) is 0 Å². The smallest absolute Gasteiger partial charge is 0.0640 e. The number of fused-ring (bicyclic) bond motifs is 6. The third kappa shape index (κ3) is 5.09. The summed E-state index contributed by atoms with van der Waals surface area (Å²) >= 11 is 1.91. The summed E-state index contributed by atoms with van der Waals surface area (Å²) in [6.45, 7) is 0. The molecule has 7 aromatic carbocycles. The van der Waals surface area contributed by atoms with Gasteiger partial charge in [0.05, 0.1) is 21.4 Å². The van der Waals surface area contributed by atoms with Crippen LogP contribution in [0.3, 0.4) is 0 Å². The van der Waals surface area contributed by atoms with Crippen LogP contribution in [-0.4, -0.2) is 4.57 Å². The van der Waals surface area contributed by atoms with E-state index >= 15 is 0 Å². The molecule has 0 atom stereocenters. The normalized spacial score (nSPS) is 12.5. The third-order valence-corrected chi connectivity index (χ3v) is 11.5. The van der Waals surface area contributed by atoms with E-state index in [0.717, 1.165) is 24.2 Å². The van der Waals surface area contributed by atoms with Gasteiger partial charge in [-0.2, -0.15) is 0 Å². The van der Waals surface area contributed by atoms with E-state index in [4.69, 9.17) is 0 Å². The van der Waals surface area contributed by atoms with Crippen molar-refractivity contribution in [1.29, 1.82) is 0 Å². The van der Waals surface area contributed by atoms with Gasteiger partial charge < -0.3 is 9.47 Å². The van der Waals surface area contributed by atoms with Crippen molar-refractivity contribution in [3.05, 3.63) is 186 Å². The quantitative estimate of drug-likeness (QED) is 0.171. The lowest BCUT2D eigenvalue weighted by Crippen LogP contribution is -2.09. The number of allylic oxidation sites excluding steroid dienone is 1. The summed E-state index contributed by atoms with van der Waals surface area (Å²) in [6, 6.07) is 61.8. The number of aryl methyl sites for hydroxylation is 1. The van der Waals surface area contributed by atoms with Gasteiger partial charge in [-0.1, -0.05) is 109 Å². The van der Waals surface area contributed by atoms with Crippen LogP contribution < -0.4 is 4.90 Å². The number of benzene rings is 7. The fourth-order valence-electron chi connectivity index (χ4n) is 7.85. The molecule has 1 aliphatic rings. The molecular weight excluding hydrogens is 637 g/mol. The van der Waals surface area contributed by atoms with Gasteiger partial charge in [-0.3, -0.25) is 0 Å². The van der Waals surface area contributed by atoms with E-state index in [2.05, 4.69) is 191 Å². The number of thiophene rings is 1. The average Bonchev–Trinajstić information content (AvgIpc) is 3.75. The topological polar surface area (TPSA) is 8.17 Å². The maximum atomic E-state index is 2.41. The Morgan fingerprint density at radius 2 is 1.14 bits per heavy atom. The van der Waals surface area contributed by atoms with Crippen LogP contribution in [0.25, 0.3) is 65.9 Å². The zero-order chi connectivity index (χ0) is 33.7. The predicted molar refractivity (Wildman–Crippen MR) is 219 cm³/mol. The van der Waals surface area contributed by atoms with Crippen LogP contribution in [0.2, 0.25) is 0 Å². The molecule has 2 aromatic heterocycles. The summed E-state index contributed by atoms with van der Waals surface area (Å²) < 4.78 is 3.72. The Morgan fingerprint density at radius 1 is 0.490 bits per heavy atom. The number of rotatable bonds is 6. The van der Waals surface area contributed by atoms with E-state index in [1.165, 1.54) is 76.0 Å². The molecule has 0 radical (unpaired) electrons. The first-order valence-corrected chi connectivity index (χ1v) is 18.5. The monoisotopic (exact) mass is 670 g/mol. The van der Waals surface area contributed by atoms with Gasteiger partial charge in [0, 0.05) is 32.7 Å². The van der Waals surface area contributed by atoms with Crippen molar-refractivity contribution in [1.82, 2.24) is 4.57 Å². The van der Waals surface area contributed by atoms with Crippen molar-refractivity contribution in [3.8, 4) is 27.9 Å². The second kappa shape index (κ2) is 12.3. The van der Waals surface area contributed by atoms with Gasteiger partial charge in [0.1, 0.15) is 0 Å². The lowest BCUT2D eigenvalue weighted by molar-refractivity contribution is 1.01. The van der Waals surface area contributed by atoms with Gasteiger partial charge in [-0.25, -0.2) is 0 Å². The van der Waals surface area contributed by atoms with E-state index < -0.39 is 0 Å². The molecule has 9 aromatic rings. The van der Waals surface area contributed by atoms with Gasteiger partial charge >= 0.3 is 0 Å². The van der Waals surface area contributed by atoms with E-state index in [1.807, 2.05) is 11.3 Å². The first-order chi connectivity index (χ1) is 25.3. The molecule has 0 fully saturated rings. The minimum absolute atomic E-state index is 1.11. The van der Waals surface area contributed by atoms with Crippen LogP contribution in [0.5, 0.6) is 0 Å². The molecule has 10 rings (SSSR count). The lowest BCUT2D eigenvalue weighted by Gasteiger charge is -2.26. The summed E-state index contributed by atoms with van der Waals surface area (Å²) in [5.74, 6) is 0. The van der Waals surface area contributed by atoms with Crippen molar-refractivity contribution < 1.29 is 0 Å². The molecule has 0 saturated heterocycles. The lowest BCUT2D eigenvalue weighted by atomic mass is 9.97. The molecule has 0 amide bonds. The maximum absolute atomic E-state index is 2.41. The Kier molecular flexibility index (Phi) is 7.18. The van der Waals surface area contributed by atoms with E-state index in [0.29, 0.717) is 0 Å². The molecule has 0 saturated carbocycles. The molecular formula is C48H34N2S. The molecule has 2 nitrogen and oxygen atoms in total. The maximum Gasteiger partial charge on any atom is 0.0640 e. The summed E-state index contributed by atoms with van der Waals surface area (Å²) in [5.41, 5.74) is 13.5. The predicted octanol–water partition coefficient (Wildman–Crippen LogP) is 13.8. The Morgan fingerprint density at radius 3 is 1.98 bits per heavy atom. The number of hydrogen-bond acceptors (Lipinski definition) is 2. The summed E-state index contributed by atoms with van der Waals surface area (Å²) in [4.78, 5) is 3.81. The first kappa shape index (κ1) is 29.7. The van der Waals surface area contributed by atoms with Gasteiger partial charge in [-0.15, -0.1) is 11.3 Å². The zero-order valence-corrected chi connectivity index (χ0v) is 28.9. The molecule has 51 heavy (non-hydrogen) atoms. The Labute approximate surface area is 301 Å². The van der Waals surface area contributed by atoms with Crippen molar-refractivity contribution in [2.45, 2.75) is 12.8 Å². The Balaban J connectivity index is 1.03. The van der Waals surface area contributed by atoms with Crippen LogP contribution >= 0.6 is 11.3 Å². The summed E-state index contributed by atoms with van der Waals surface area (Å²) in [5, 5.41) is 3.91. The second-order valence-electron chi connectivity index (χ2n) is 13.3. The number of aromatic nitrogens is 1. The van der Waals surface area contributed by atoms with Gasteiger partial charge in [0.25, 0.3) is 0 Å². The SMILES string of the molecule is C1=Cc2sc3c(N(c4ccccc4)c4ccc(-c5cccc(-c6ccc7c(c6)c6ccccc6n7-c6ccccc6)c5)cc4)cccc3c2CC1. The molecule has 0 spiro atoms. The number of anilines is 3. The molecule has 1 aliphatic carbocycles. The first-order valence-electron chi connectivity index (χ1n) is 17.7. The number of hydrogen-bond donors (Lipinski definition) is 0. The largest absolute Gasteiger partial charge is 0.309 e. The summed E-state index contributed by atoms with van der Waals surface area (Å²) in [6.07, 6.45) is 6.84. The van der Waals surface area contributed by atoms with Gasteiger partial charge in [-0.05, 0) is 119 Å². The fourth-order valence-corrected chi connectivity index (χ4v) is 9.14. The van der Waals surface area contributed by atoms with Crippen LogP contribution in [-0.2, 0) is 6.42 Å². The third-order valence-electron chi connectivity index (χ3n) is 10.3. The fraction of sp³-hybridized carbons (Fsp3) is 0.0417. The van der Waals surface area contributed by atoms with Crippen LogP contribution in [0.15, 0.2) is 176 Å². The Bertz CT molecular complexity index is 2730. The standard InChI is InChI=1S/C48H34N2S/c1-3-15-37(16-4-1)49(46-23-12-21-42-41-20-8-10-24-47(41)51-48(42)46)39-28-25-33(26-29-39)34-13-11-14-35(31-34)36-27-30-45-43(32-36)40-19-7-9-22-44(40)50(45)38-17-5-2-6-18-38/h1-7,9-19,21-32H,8,20H2. The minimum Gasteiger partial charge on any atom is -0.309 e. The molecule has 242 valence electrons. The molecule has 0 unspecified atom stereocenters. The minimum atomic E-state index is 1.11. The van der Waals surface area contributed by atoms with Crippen LogP contribution in [0, 0.1) is 0 Å². The van der Waals surface area contributed by atoms with E-state index in [-0.39, 0.29) is 0 Å². The number of para-hydroxylation sites is 3. The molecule has 2 heterocycles. The number of nitrogens with zero attached hydrogens (tertiary/aromatic N) is 2. The molecule has 0 bridgehead atoms. The zero-order valence-electron chi connectivity index (χ0n) is 28.0. The second-order valence-corrected chi connectivity index (χ2v) is 14.3. The van der Waals surface area contributed by atoms with Gasteiger partial charge in [0.2, 0.25) is 0 Å². The highest BCUT2D eigenvalue weighted by Crippen LogP contribution is 2.45. The molecule has 3 heteroatoms. The van der Waals surface area contributed by atoms with Crippen molar-refractivity contribution >= 4 is 66.4 Å². The van der Waals surface area contributed by atoms with E-state index in [9.17, 15) is 0 Å². The van der Waals surface area contributed by atoms with E-state index in [1.54, 1.807) is 0 Å². The Hall–Kier alpha value is -6.16. The highest BCUT2D eigenvalue weighted by molar-refractivity contribution is 7.20. The highest BCUT2D eigenvalue weighted by Gasteiger charge is 2.20. The highest BCUT2D eigenvalue weighted by atomic mass is 32.1. The molecule has 0 N–H and O–H groups in total. The summed E-state index contributed by atoms with van der Waals surface area (Å²) in [7, 11) is 0. The van der Waals surface area contributed by atoms with Crippen molar-refractivity contribution in [2.24, 2.45) is 0 Å². The molecule has 0 aliphatic heterocycles. The van der Waals surface area contributed by atoms with Crippen LogP contribution in [0.1, 0.15) is 16.9 Å². The van der Waals surface area contributed by atoms with Gasteiger partial charge in [0.15, 0.2) is 0 Å². The van der Waals surface area contributed by atoms with Crippen molar-refractivity contribution in [2.75, 3.05) is 4.90 Å².